The number of likely N-dealkylation sites (tertiary alicyclic amines) is 2. The van der Waals surface area contributed by atoms with E-state index >= 15 is 0 Å². The maximum Gasteiger partial charge on any atom is 0.290 e. The minimum absolute atomic E-state index is 0.0308. The van der Waals surface area contributed by atoms with Gasteiger partial charge in [-0.25, -0.2) is 4.68 Å². The third kappa shape index (κ3) is 3.11. The number of piperazine rings is 1. The highest BCUT2D eigenvalue weighted by Gasteiger charge is 2.49. The van der Waals surface area contributed by atoms with Crippen molar-refractivity contribution in [3.8, 4) is 11.1 Å². The number of fused-ring (bicyclic) bond motifs is 3. The molecule has 3 aromatic rings. The Morgan fingerprint density at radius 2 is 1.81 bits per heavy atom. The van der Waals surface area contributed by atoms with E-state index in [1.807, 2.05) is 46.2 Å². The normalized spacial score (nSPS) is 24.4. The lowest BCUT2D eigenvalue weighted by atomic mass is 9.98. The molecule has 2 aromatic heterocycles. The minimum atomic E-state index is -0.0908. The third-order valence-corrected chi connectivity index (χ3v) is 7.09. The number of aromatic nitrogens is 4. The number of nitrogens with zero attached hydrogens (tertiary/aromatic N) is 6. The van der Waals surface area contributed by atoms with Gasteiger partial charge >= 0.3 is 0 Å². The van der Waals surface area contributed by atoms with E-state index in [0.29, 0.717) is 25.4 Å². The van der Waals surface area contributed by atoms with Gasteiger partial charge in [0.15, 0.2) is 11.6 Å². The molecule has 0 radical (unpaired) electrons. The Hall–Kier alpha value is -3.49. The van der Waals surface area contributed by atoms with Crippen molar-refractivity contribution in [2.75, 3.05) is 13.1 Å². The van der Waals surface area contributed by atoms with E-state index in [2.05, 4.69) is 15.5 Å². The zero-order chi connectivity index (χ0) is 21.7. The van der Waals surface area contributed by atoms with Crippen LogP contribution >= 0.6 is 0 Å². The minimum Gasteiger partial charge on any atom is -0.459 e. The highest BCUT2D eigenvalue weighted by molar-refractivity contribution is 5.98. The van der Waals surface area contributed by atoms with Crippen molar-refractivity contribution in [1.29, 1.82) is 0 Å². The highest BCUT2D eigenvalue weighted by Crippen LogP contribution is 2.36. The molecule has 0 spiro atoms. The van der Waals surface area contributed by atoms with Crippen molar-refractivity contribution in [3.63, 3.8) is 0 Å². The first-order chi connectivity index (χ1) is 15.7. The van der Waals surface area contributed by atoms with Gasteiger partial charge < -0.3 is 14.2 Å². The molecule has 0 aliphatic carbocycles. The predicted molar refractivity (Wildman–Crippen MR) is 113 cm³/mol. The molecule has 2 bridgehead atoms. The average molecular weight is 432 g/mol. The Balaban J connectivity index is 1.14. The third-order valence-electron chi connectivity index (χ3n) is 7.09. The van der Waals surface area contributed by atoms with Crippen molar-refractivity contribution in [3.05, 3.63) is 54.2 Å². The average Bonchev–Trinajstić information content (AvgIpc) is 3.61. The number of carbonyl (C=O) groups excluding carboxylic acids is 2. The van der Waals surface area contributed by atoms with Crippen LogP contribution < -0.4 is 0 Å². The summed E-state index contributed by atoms with van der Waals surface area (Å²) in [6.45, 7) is 1.83. The van der Waals surface area contributed by atoms with Crippen molar-refractivity contribution in [2.24, 2.45) is 5.92 Å². The van der Waals surface area contributed by atoms with Gasteiger partial charge in [-0.05, 0) is 41.3 Å². The fourth-order valence-corrected chi connectivity index (χ4v) is 5.42. The molecular formula is C23H24N6O3. The molecule has 0 N–H and O–H groups in total. The largest absolute Gasteiger partial charge is 0.459 e. The van der Waals surface area contributed by atoms with Crippen LogP contribution in [0.2, 0.25) is 0 Å². The van der Waals surface area contributed by atoms with Gasteiger partial charge in [-0.2, -0.15) is 0 Å². The van der Waals surface area contributed by atoms with E-state index in [0.717, 1.165) is 42.6 Å². The molecule has 1 aromatic carbocycles. The topological polar surface area (TPSA) is 97.4 Å². The second kappa shape index (κ2) is 7.58. The molecule has 1 unspecified atom stereocenters. The summed E-state index contributed by atoms with van der Waals surface area (Å²) in [5.74, 6) is 1.31. The Morgan fingerprint density at radius 1 is 1.00 bits per heavy atom. The van der Waals surface area contributed by atoms with Crippen LogP contribution in [0.25, 0.3) is 11.1 Å². The Bertz CT molecular complexity index is 1130. The predicted octanol–water partition coefficient (Wildman–Crippen LogP) is 2.01. The smallest absolute Gasteiger partial charge is 0.290 e. The molecular weight excluding hydrogens is 408 g/mol. The fraction of sp³-hybridized carbons (Fsp3) is 0.435. The number of carbonyl (C=O) groups is 2. The zero-order valence-corrected chi connectivity index (χ0v) is 17.6. The number of amides is 2. The standard InChI is InChI=1S/C23H24N6O3/c30-22(16-6-7-20-24-25-26-29(20)10-8-16)27-13-18-12-17(27)14-28(18)23(31)21-19(9-11-32-21)15-4-2-1-3-5-15/h1-5,9,11,16-18H,6-8,10,12-14H2/t16?,17-,18-/m0/s1. The van der Waals surface area contributed by atoms with E-state index < -0.39 is 0 Å². The van der Waals surface area contributed by atoms with Crippen LogP contribution in [0, 0.1) is 5.92 Å². The quantitative estimate of drug-likeness (QED) is 0.628. The Labute approximate surface area is 185 Å². The number of furan rings is 1. The zero-order valence-electron chi connectivity index (χ0n) is 17.6. The number of benzene rings is 1. The van der Waals surface area contributed by atoms with Gasteiger partial charge in [0.1, 0.15) is 0 Å². The molecule has 3 aliphatic rings. The second-order valence-corrected chi connectivity index (χ2v) is 8.86. The molecule has 5 heterocycles. The maximum atomic E-state index is 13.3. The van der Waals surface area contributed by atoms with Crippen LogP contribution in [0.5, 0.6) is 0 Å². The van der Waals surface area contributed by atoms with Gasteiger partial charge in [0.05, 0.1) is 18.3 Å². The van der Waals surface area contributed by atoms with Crippen molar-refractivity contribution < 1.29 is 14.0 Å². The maximum absolute atomic E-state index is 13.3. The SMILES string of the molecule is O=C(c1occc1-c1ccccc1)N1C[C@@H]2C[C@H]1CN2C(=O)C1CCc2nnnn2CC1. The second-order valence-electron chi connectivity index (χ2n) is 8.86. The summed E-state index contributed by atoms with van der Waals surface area (Å²) < 4.78 is 7.42. The molecule has 6 rings (SSSR count). The van der Waals surface area contributed by atoms with Crippen LogP contribution in [0.4, 0.5) is 0 Å². The molecule has 164 valence electrons. The highest BCUT2D eigenvalue weighted by atomic mass is 16.3. The van der Waals surface area contributed by atoms with Crippen LogP contribution in [0.3, 0.4) is 0 Å². The van der Waals surface area contributed by atoms with E-state index in [-0.39, 0.29) is 29.8 Å². The number of tetrazole rings is 1. The molecule has 0 saturated carbocycles. The summed E-state index contributed by atoms with van der Waals surface area (Å²) in [7, 11) is 0. The number of aryl methyl sites for hydroxylation is 2. The van der Waals surface area contributed by atoms with E-state index in [1.165, 1.54) is 0 Å². The number of rotatable bonds is 3. The fourth-order valence-electron chi connectivity index (χ4n) is 5.42. The van der Waals surface area contributed by atoms with Gasteiger partial charge in [0.25, 0.3) is 5.91 Å². The van der Waals surface area contributed by atoms with Gasteiger partial charge in [0.2, 0.25) is 5.91 Å². The summed E-state index contributed by atoms with van der Waals surface area (Å²) in [5, 5.41) is 11.8. The lowest BCUT2D eigenvalue weighted by Crippen LogP contribution is -2.52. The van der Waals surface area contributed by atoms with Gasteiger partial charge in [-0.3, -0.25) is 9.59 Å². The van der Waals surface area contributed by atoms with Crippen LogP contribution in [-0.4, -0.2) is 67.0 Å². The van der Waals surface area contributed by atoms with Gasteiger partial charge in [0, 0.05) is 37.5 Å². The number of hydrogen-bond donors (Lipinski definition) is 0. The van der Waals surface area contributed by atoms with Gasteiger partial charge in [-0.15, -0.1) is 5.10 Å². The van der Waals surface area contributed by atoms with E-state index in [1.54, 1.807) is 10.9 Å². The first-order valence-corrected chi connectivity index (χ1v) is 11.2. The van der Waals surface area contributed by atoms with Crippen molar-refractivity contribution >= 4 is 11.8 Å². The van der Waals surface area contributed by atoms with Gasteiger partial charge in [-0.1, -0.05) is 30.3 Å². The van der Waals surface area contributed by atoms with E-state index in [9.17, 15) is 9.59 Å². The van der Waals surface area contributed by atoms with E-state index in [4.69, 9.17) is 4.42 Å². The monoisotopic (exact) mass is 432 g/mol. The molecule has 32 heavy (non-hydrogen) atoms. The number of hydrogen-bond acceptors (Lipinski definition) is 6. The summed E-state index contributed by atoms with van der Waals surface area (Å²) in [6.07, 6.45) is 4.64. The Kier molecular flexibility index (Phi) is 4.55. The van der Waals surface area contributed by atoms with Crippen LogP contribution in [-0.2, 0) is 17.8 Å². The molecule has 2 fully saturated rings. The van der Waals surface area contributed by atoms with Crippen LogP contribution in [0.1, 0.15) is 35.6 Å². The first-order valence-electron chi connectivity index (χ1n) is 11.2. The lowest BCUT2D eigenvalue weighted by Gasteiger charge is -2.35. The molecule has 3 aliphatic heterocycles. The molecule has 2 saturated heterocycles. The summed E-state index contributed by atoms with van der Waals surface area (Å²) >= 11 is 0. The van der Waals surface area contributed by atoms with Crippen LogP contribution in [0.15, 0.2) is 47.1 Å². The van der Waals surface area contributed by atoms with Crippen molar-refractivity contribution in [1.82, 2.24) is 30.0 Å². The molecule has 3 atom stereocenters. The summed E-state index contributed by atoms with van der Waals surface area (Å²) in [6, 6.07) is 11.8. The molecule has 9 nitrogen and oxygen atoms in total. The van der Waals surface area contributed by atoms with Crippen molar-refractivity contribution in [2.45, 2.75) is 44.3 Å². The summed E-state index contributed by atoms with van der Waals surface area (Å²) in [5.41, 5.74) is 1.77. The summed E-state index contributed by atoms with van der Waals surface area (Å²) in [4.78, 5) is 30.5. The molecule has 2 amide bonds. The first kappa shape index (κ1) is 19.2. The lowest BCUT2D eigenvalue weighted by molar-refractivity contribution is -0.138. The Morgan fingerprint density at radius 3 is 2.62 bits per heavy atom. The molecule has 9 heteroatoms.